The minimum Gasteiger partial charge on any atom is -0.456 e. The summed E-state index contributed by atoms with van der Waals surface area (Å²) < 4.78 is 10.7. The Bertz CT molecular complexity index is 677. The van der Waals surface area contributed by atoms with Crippen molar-refractivity contribution >= 4 is 25.9 Å². The maximum atomic E-state index is 13.1. The van der Waals surface area contributed by atoms with Crippen LogP contribution in [0.2, 0.25) is 25.7 Å². The summed E-state index contributed by atoms with van der Waals surface area (Å²) >= 11 is 0. The number of nitrogens with zero attached hydrogens (tertiary/aromatic N) is 1. The van der Waals surface area contributed by atoms with E-state index in [4.69, 9.17) is 9.47 Å². The third-order valence-corrected chi connectivity index (χ3v) is 6.66. The van der Waals surface area contributed by atoms with Crippen molar-refractivity contribution in [3.63, 3.8) is 0 Å². The lowest BCUT2D eigenvalue weighted by atomic mass is 9.83. The average molecular weight is 412 g/mol. The lowest BCUT2D eigenvalue weighted by Gasteiger charge is -2.34. The fourth-order valence-electron chi connectivity index (χ4n) is 3.49. The van der Waals surface area contributed by atoms with E-state index in [9.17, 15) is 19.5 Å². The summed E-state index contributed by atoms with van der Waals surface area (Å²) in [4.78, 5) is 39.6. The fraction of sp³-hybridized carbons (Fsp3) is 0.750. The van der Waals surface area contributed by atoms with Crippen molar-refractivity contribution < 1.29 is 29.0 Å². The molecule has 1 N–H and O–H groups in total. The van der Waals surface area contributed by atoms with E-state index in [1.807, 2.05) is 13.0 Å². The fourth-order valence-corrected chi connectivity index (χ4v) is 4.21. The summed E-state index contributed by atoms with van der Waals surface area (Å²) in [6, 6.07) is 0.0208. The third kappa shape index (κ3) is 4.65. The minimum absolute atomic E-state index is 0.107. The number of rotatable bonds is 4. The molecule has 28 heavy (non-hydrogen) atoms. The van der Waals surface area contributed by atoms with E-state index in [2.05, 4.69) is 19.6 Å². The molecule has 0 radical (unpaired) electrons. The van der Waals surface area contributed by atoms with Crippen molar-refractivity contribution in [2.75, 3.05) is 6.61 Å². The zero-order valence-corrected chi connectivity index (χ0v) is 18.9. The van der Waals surface area contributed by atoms with E-state index in [-0.39, 0.29) is 12.5 Å². The Kier molecular flexibility index (Phi) is 6.16. The minimum atomic E-state index is -2.67. The first-order valence-electron chi connectivity index (χ1n) is 9.81. The molecular weight excluding hydrogens is 378 g/mol. The quantitative estimate of drug-likeness (QED) is 0.331. The lowest BCUT2D eigenvalue weighted by molar-refractivity contribution is -0.193. The molecule has 7 nitrogen and oxygen atoms in total. The molecule has 1 heterocycles. The summed E-state index contributed by atoms with van der Waals surface area (Å²) in [5.74, 6) is -2.40. The zero-order valence-electron chi connectivity index (χ0n) is 17.9. The number of ketones is 1. The Morgan fingerprint density at radius 1 is 1.29 bits per heavy atom. The Labute approximate surface area is 168 Å². The van der Waals surface area contributed by atoms with Crippen LogP contribution < -0.4 is 0 Å². The van der Waals surface area contributed by atoms with E-state index in [0.29, 0.717) is 6.42 Å². The molecule has 4 unspecified atom stereocenters. The van der Waals surface area contributed by atoms with Crippen LogP contribution in [-0.4, -0.2) is 59.9 Å². The van der Waals surface area contributed by atoms with Crippen LogP contribution in [-0.2, 0) is 19.1 Å². The van der Waals surface area contributed by atoms with Crippen molar-refractivity contribution in [2.45, 2.75) is 77.2 Å². The number of likely N-dealkylation sites (tertiary alicyclic amines) is 1. The van der Waals surface area contributed by atoms with Gasteiger partial charge in [-0.3, -0.25) is 9.69 Å². The molecule has 1 aliphatic carbocycles. The van der Waals surface area contributed by atoms with Crippen LogP contribution in [0.1, 0.15) is 34.1 Å². The summed E-state index contributed by atoms with van der Waals surface area (Å²) in [7, 11) is -1.44. The van der Waals surface area contributed by atoms with Crippen LogP contribution in [0.15, 0.2) is 12.2 Å². The van der Waals surface area contributed by atoms with Crippen molar-refractivity contribution in [2.24, 2.45) is 11.8 Å². The number of aliphatic hydroxyl groups is 1. The van der Waals surface area contributed by atoms with Gasteiger partial charge in [-0.05, 0) is 39.2 Å². The number of Topliss-reactive ketones (excluding diaryl/α,β-unsaturated/α-hetero) is 1. The maximum absolute atomic E-state index is 13.1. The van der Waals surface area contributed by atoms with E-state index in [1.165, 1.54) is 0 Å². The largest absolute Gasteiger partial charge is 0.456 e. The third-order valence-electron chi connectivity index (χ3n) is 4.96. The first-order valence-corrected chi connectivity index (χ1v) is 13.5. The second kappa shape index (κ2) is 7.63. The molecule has 2 rings (SSSR count). The van der Waals surface area contributed by atoms with E-state index in [0.717, 1.165) is 10.9 Å². The molecular formula is C20H33NO6Si. The standard InChI is InChI=1S/C20H33NO6Si/c1-13-8-9-15-14(12-13)16(22)20(25,17(23)27-19(2,3)4)21(15)18(24)26-10-11-28(5,6)7/h8-9,13-15,25H,10-12H2,1-7H3. The summed E-state index contributed by atoms with van der Waals surface area (Å²) in [6.07, 6.45) is 3.17. The average Bonchev–Trinajstić information content (AvgIpc) is 2.74. The normalized spacial score (nSPS) is 30.2. The van der Waals surface area contributed by atoms with Crippen LogP contribution in [0.25, 0.3) is 0 Å². The number of allylic oxidation sites excluding steroid dienone is 1. The predicted molar refractivity (Wildman–Crippen MR) is 107 cm³/mol. The highest BCUT2D eigenvalue weighted by molar-refractivity contribution is 6.76. The first-order chi connectivity index (χ1) is 12.7. The van der Waals surface area contributed by atoms with Gasteiger partial charge < -0.3 is 14.6 Å². The van der Waals surface area contributed by atoms with Gasteiger partial charge in [0.1, 0.15) is 5.60 Å². The SMILES string of the molecule is CC1C=CC2C(C1)C(=O)C(O)(C(=O)OC(C)(C)C)N2C(=O)OCC[Si](C)(C)C. The molecule has 0 bridgehead atoms. The topological polar surface area (TPSA) is 93.1 Å². The molecule has 0 aromatic carbocycles. The Morgan fingerprint density at radius 2 is 1.89 bits per heavy atom. The van der Waals surface area contributed by atoms with Crippen LogP contribution in [0.5, 0.6) is 0 Å². The van der Waals surface area contributed by atoms with Crippen molar-refractivity contribution in [3.8, 4) is 0 Å². The number of esters is 1. The van der Waals surface area contributed by atoms with Gasteiger partial charge in [-0.1, -0.05) is 38.7 Å². The molecule has 1 saturated heterocycles. The second-order valence-corrected chi connectivity index (χ2v) is 15.6. The highest BCUT2D eigenvalue weighted by Gasteiger charge is 2.66. The molecule has 0 spiro atoms. The van der Waals surface area contributed by atoms with Gasteiger partial charge in [0.15, 0.2) is 0 Å². The van der Waals surface area contributed by atoms with E-state index >= 15 is 0 Å². The first kappa shape index (κ1) is 22.6. The Hall–Kier alpha value is -1.67. The van der Waals surface area contributed by atoms with Crippen LogP contribution in [0.4, 0.5) is 4.79 Å². The van der Waals surface area contributed by atoms with Crippen LogP contribution >= 0.6 is 0 Å². The molecule has 1 fully saturated rings. The zero-order chi connectivity index (χ0) is 21.5. The summed E-state index contributed by atoms with van der Waals surface area (Å²) in [5, 5.41) is 11.2. The van der Waals surface area contributed by atoms with Gasteiger partial charge in [-0.25, -0.2) is 9.59 Å². The number of amides is 1. The van der Waals surface area contributed by atoms with Crippen molar-refractivity contribution in [1.82, 2.24) is 4.90 Å². The van der Waals surface area contributed by atoms with Gasteiger partial charge in [0.2, 0.25) is 5.78 Å². The molecule has 0 aromatic rings. The van der Waals surface area contributed by atoms with E-state index in [1.54, 1.807) is 26.8 Å². The summed E-state index contributed by atoms with van der Waals surface area (Å²) in [6.45, 7) is 13.5. The Balaban J connectivity index is 2.34. The lowest BCUT2D eigenvalue weighted by Crippen LogP contribution is -2.60. The molecule has 0 aromatic heterocycles. The van der Waals surface area contributed by atoms with Gasteiger partial charge in [-0.15, -0.1) is 0 Å². The highest BCUT2D eigenvalue weighted by Crippen LogP contribution is 2.42. The van der Waals surface area contributed by atoms with Gasteiger partial charge in [0.25, 0.3) is 0 Å². The van der Waals surface area contributed by atoms with Gasteiger partial charge in [0.05, 0.1) is 12.6 Å². The monoisotopic (exact) mass is 411 g/mol. The molecule has 0 saturated carbocycles. The van der Waals surface area contributed by atoms with Crippen molar-refractivity contribution in [1.29, 1.82) is 0 Å². The molecule has 158 valence electrons. The number of hydrogen-bond donors (Lipinski definition) is 1. The second-order valence-electron chi connectivity index (χ2n) is 10.0. The number of carbonyl (C=O) groups excluding carboxylic acids is 3. The molecule has 1 amide bonds. The van der Waals surface area contributed by atoms with Gasteiger partial charge in [0, 0.05) is 14.0 Å². The Morgan fingerprint density at radius 3 is 2.43 bits per heavy atom. The van der Waals surface area contributed by atoms with Gasteiger partial charge in [-0.2, -0.15) is 0 Å². The molecule has 2 aliphatic rings. The van der Waals surface area contributed by atoms with Crippen LogP contribution in [0.3, 0.4) is 0 Å². The van der Waals surface area contributed by atoms with E-state index < -0.39 is 49.2 Å². The molecule has 1 aliphatic heterocycles. The predicted octanol–water partition coefficient (Wildman–Crippen LogP) is 2.96. The molecule has 4 atom stereocenters. The van der Waals surface area contributed by atoms with Gasteiger partial charge >= 0.3 is 17.8 Å². The highest BCUT2D eigenvalue weighted by atomic mass is 28.3. The molecule has 8 heteroatoms. The number of ether oxygens (including phenoxy) is 2. The number of carbonyl (C=O) groups is 3. The number of fused-ring (bicyclic) bond motifs is 1. The maximum Gasteiger partial charge on any atom is 0.413 e. The smallest absolute Gasteiger partial charge is 0.413 e. The number of hydrogen-bond acceptors (Lipinski definition) is 6. The van der Waals surface area contributed by atoms with Crippen LogP contribution in [0, 0.1) is 11.8 Å². The summed E-state index contributed by atoms with van der Waals surface area (Å²) in [5.41, 5.74) is -3.59. The van der Waals surface area contributed by atoms with Crippen molar-refractivity contribution in [3.05, 3.63) is 12.2 Å².